The van der Waals surface area contributed by atoms with E-state index in [0.29, 0.717) is 31.8 Å². The van der Waals surface area contributed by atoms with E-state index >= 15 is 0 Å². The Bertz CT molecular complexity index is 688. The van der Waals surface area contributed by atoms with Crippen molar-refractivity contribution in [2.75, 3.05) is 32.0 Å². The number of hydrogen-bond acceptors (Lipinski definition) is 6. The highest BCUT2D eigenvalue weighted by atomic mass is 32.2. The molecule has 1 aromatic rings. The Labute approximate surface area is 163 Å². The van der Waals surface area contributed by atoms with Crippen LogP contribution in [-0.4, -0.2) is 65.0 Å². The standard InChI is InChI=1S/C19H25N3O4S/c20-7-2-10-26-16-5-8-21(9-6-16)18(24)15-4-1-3-14(11-15)12-22-17(23)13-27-19(22)25/h1,3-4,11,16H,2,5-10,12-13,20H2. The summed E-state index contributed by atoms with van der Waals surface area (Å²) in [7, 11) is 0. The number of carbonyl (C=O) groups is 3. The molecule has 146 valence electrons. The van der Waals surface area contributed by atoms with Gasteiger partial charge < -0.3 is 15.4 Å². The summed E-state index contributed by atoms with van der Waals surface area (Å²) in [6.45, 7) is 2.83. The number of carbonyl (C=O) groups excluding carboxylic acids is 3. The Morgan fingerprint density at radius 1 is 1.26 bits per heavy atom. The number of piperidine rings is 1. The summed E-state index contributed by atoms with van der Waals surface area (Å²) in [5, 5.41) is -0.228. The van der Waals surface area contributed by atoms with Crippen molar-refractivity contribution in [3.63, 3.8) is 0 Å². The third-order valence-corrected chi connectivity index (χ3v) is 5.65. The Morgan fingerprint density at radius 3 is 2.70 bits per heavy atom. The Hall–Kier alpha value is -1.90. The first-order valence-electron chi connectivity index (χ1n) is 9.25. The molecule has 0 unspecified atom stereocenters. The fourth-order valence-electron chi connectivity index (χ4n) is 3.26. The van der Waals surface area contributed by atoms with Crippen LogP contribution in [0.25, 0.3) is 0 Å². The Kier molecular flexibility index (Phi) is 6.87. The number of thioether (sulfide) groups is 1. The summed E-state index contributed by atoms with van der Waals surface area (Å²) < 4.78 is 5.78. The summed E-state index contributed by atoms with van der Waals surface area (Å²) in [6, 6.07) is 7.18. The molecular weight excluding hydrogens is 366 g/mol. The lowest BCUT2D eigenvalue weighted by atomic mass is 10.0. The molecule has 3 rings (SSSR count). The number of nitrogens with two attached hydrogens (primary N) is 1. The van der Waals surface area contributed by atoms with E-state index in [-0.39, 0.29) is 35.5 Å². The van der Waals surface area contributed by atoms with Crippen LogP contribution in [0.15, 0.2) is 24.3 Å². The lowest BCUT2D eigenvalue weighted by molar-refractivity contribution is -0.125. The van der Waals surface area contributed by atoms with Crippen molar-refractivity contribution in [2.45, 2.75) is 31.9 Å². The highest BCUT2D eigenvalue weighted by Crippen LogP contribution is 2.22. The molecule has 2 aliphatic rings. The van der Waals surface area contributed by atoms with E-state index in [4.69, 9.17) is 10.5 Å². The molecule has 0 saturated carbocycles. The number of imide groups is 1. The van der Waals surface area contributed by atoms with Crippen LogP contribution in [0, 0.1) is 0 Å². The lowest BCUT2D eigenvalue weighted by Gasteiger charge is -2.32. The first-order chi connectivity index (χ1) is 13.1. The summed E-state index contributed by atoms with van der Waals surface area (Å²) in [5.74, 6) is -0.0103. The van der Waals surface area contributed by atoms with E-state index in [1.807, 2.05) is 11.0 Å². The molecule has 2 aliphatic heterocycles. The van der Waals surface area contributed by atoms with Crippen molar-refractivity contribution in [2.24, 2.45) is 5.73 Å². The van der Waals surface area contributed by atoms with Crippen LogP contribution in [0.4, 0.5) is 4.79 Å². The van der Waals surface area contributed by atoms with Crippen LogP contribution in [-0.2, 0) is 16.1 Å². The molecule has 7 nitrogen and oxygen atoms in total. The first kappa shape index (κ1) is 19.9. The van der Waals surface area contributed by atoms with Crippen LogP contribution >= 0.6 is 11.8 Å². The third kappa shape index (κ3) is 5.09. The molecule has 8 heteroatoms. The zero-order chi connectivity index (χ0) is 19.2. The monoisotopic (exact) mass is 391 g/mol. The largest absolute Gasteiger partial charge is 0.378 e. The highest BCUT2D eigenvalue weighted by molar-refractivity contribution is 8.14. The molecule has 2 fully saturated rings. The van der Waals surface area contributed by atoms with Gasteiger partial charge in [-0.3, -0.25) is 19.3 Å². The predicted molar refractivity (Wildman–Crippen MR) is 103 cm³/mol. The molecule has 0 aromatic heterocycles. The summed E-state index contributed by atoms with van der Waals surface area (Å²) in [6.07, 6.45) is 2.69. The second kappa shape index (κ2) is 9.34. The minimum atomic E-state index is -0.228. The highest BCUT2D eigenvalue weighted by Gasteiger charge is 2.30. The number of ether oxygens (including phenoxy) is 1. The lowest BCUT2D eigenvalue weighted by Crippen LogP contribution is -2.41. The van der Waals surface area contributed by atoms with E-state index in [9.17, 15) is 14.4 Å². The molecular formula is C19H25N3O4S. The Balaban J connectivity index is 1.56. The van der Waals surface area contributed by atoms with Crippen LogP contribution in [0.1, 0.15) is 35.2 Å². The number of nitrogens with zero attached hydrogens (tertiary/aromatic N) is 2. The van der Waals surface area contributed by atoms with Gasteiger partial charge in [0.1, 0.15) is 0 Å². The van der Waals surface area contributed by atoms with Crippen LogP contribution in [0.2, 0.25) is 0 Å². The van der Waals surface area contributed by atoms with Gasteiger partial charge in [-0.25, -0.2) is 0 Å². The topological polar surface area (TPSA) is 92.9 Å². The van der Waals surface area contributed by atoms with Gasteiger partial charge in [0.25, 0.3) is 11.1 Å². The third-order valence-electron chi connectivity index (χ3n) is 4.79. The minimum absolute atomic E-state index is 0.0225. The van der Waals surface area contributed by atoms with Crippen LogP contribution in [0.3, 0.4) is 0 Å². The summed E-state index contributed by atoms with van der Waals surface area (Å²) in [5.41, 5.74) is 6.84. The predicted octanol–water partition coefficient (Wildman–Crippen LogP) is 1.85. The number of likely N-dealkylation sites (tertiary alicyclic amines) is 1. The van der Waals surface area contributed by atoms with E-state index in [0.717, 1.165) is 36.6 Å². The van der Waals surface area contributed by atoms with Crippen molar-refractivity contribution in [1.29, 1.82) is 0 Å². The van der Waals surface area contributed by atoms with Gasteiger partial charge in [-0.15, -0.1) is 0 Å². The van der Waals surface area contributed by atoms with Crippen LogP contribution < -0.4 is 5.73 Å². The minimum Gasteiger partial charge on any atom is -0.378 e. The van der Waals surface area contributed by atoms with Gasteiger partial charge in [-0.05, 0) is 43.5 Å². The molecule has 2 heterocycles. The molecule has 0 spiro atoms. The van der Waals surface area contributed by atoms with Crippen molar-refractivity contribution in [3.05, 3.63) is 35.4 Å². The fraction of sp³-hybridized carbons (Fsp3) is 0.526. The van der Waals surface area contributed by atoms with E-state index < -0.39 is 0 Å². The first-order valence-corrected chi connectivity index (χ1v) is 10.2. The number of rotatable bonds is 7. The van der Waals surface area contributed by atoms with E-state index in [1.54, 1.807) is 18.2 Å². The molecule has 3 amide bonds. The van der Waals surface area contributed by atoms with E-state index in [2.05, 4.69) is 0 Å². The maximum Gasteiger partial charge on any atom is 0.289 e. The average Bonchev–Trinajstić information content (AvgIpc) is 3.00. The quantitative estimate of drug-likeness (QED) is 0.713. The fourth-order valence-corrected chi connectivity index (χ4v) is 3.99. The molecule has 0 bridgehead atoms. The van der Waals surface area contributed by atoms with Crippen molar-refractivity contribution in [1.82, 2.24) is 9.80 Å². The normalized spacial score (nSPS) is 18.4. The van der Waals surface area contributed by atoms with Gasteiger partial charge in [0.15, 0.2) is 0 Å². The molecule has 2 N–H and O–H groups in total. The SMILES string of the molecule is NCCCOC1CCN(C(=O)c2cccc(CN3C(=O)CSC3=O)c2)CC1. The molecule has 27 heavy (non-hydrogen) atoms. The molecule has 0 atom stereocenters. The second-order valence-electron chi connectivity index (χ2n) is 6.74. The summed E-state index contributed by atoms with van der Waals surface area (Å²) in [4.78, 5) is 39.4. The second-order valence-corrected chi connectivity index (χ2v) is 7.67. The van der Waals surface area contributed by atoms with Crippen LogP contribution in [0.5, 0.6) is 0 Å². The maximum absolute atomic E-state index is 12.8. The maximum atomic E-state index is 12.8. The van der Waals surface area contributed by atoms with Gasteiger partial charge in [-0.2, -0.15) is 0 Å². The smallest absolute Gasteiger partial charge is 0.289 e. The molecule has 0 radical (unpaired) electrons. The van der Waals surface area contributed by atoms with Gasteiger partial charge in [0, 0.05) is 25.3 Å². The number of benzene rings is 1. The van der Waals surface area contributed by atoms with Gasteiger partial charge >= 0.3 is 0 Å². The average molecular weight is 391 g/mol. The zero-order valence-electron chi connectivity index (χ0n) is 15.3. The van der Waals surface area contributed by atoms with Gasteiger partial charge in [0.2, 0.25) is 5.91 Å². The number of amides is 3. The van der Waals surface area contributed by atoms with Gasteiger partial charge in [-0.1, -0.05) is 23.9 Å². The molecule has 2 saturated heterocycles. The zero-order valence-corrected chi connectivity index (χ0v) is 16.1. The molecule has 1 aromatic carbocycles. The van der Waals surface area contributed by atoms with E-state index in [1.165, 1.54) is 4.90 Å². The molecule has 0 aliphatic carbocycles. The van der Waals surface area contributed by atoms with Crippen molar-refractivity contribution >= 4 is 28.8 Å². The summed E-state index contributed by atoms with van der Waals surface area (Å²) >= 11 is 1.02. The Morgan fingerprint density at radius 2 is 2.04 bits per heavy atom. The van der Waals surface area contributed by atoms with Gasteiger partial charge in [0.05, 0.1) is 18.4 Å². The van der Waals surface area contributed by atoms with Crippen molar-refractivity contribution in [3.8, 4) is 0 Å². The van der Waals surface area contributed by atoms with Crippen molar-refractivity contribution < 1.29 is 19.1 Å². The number of hydrogen-bond donors (Lipinski definition) is 1.